The lowest BCUT2D eigenvalue weighted by Gasteiger charge is -2.26. The fraction of sp³-hybridized carbons (Fsp3) is 0.207. The molecular formula is C29H25FN2O4. The highest BCUT2D eigenvalue weighted by Gasteiger charge is 2.39. The second kappa shape index (κ2) is 9.41. The van der Waals surface area contributed by atoms with Crippen LogP contribution in [-0.2, 0) is 11.2 Å². The molecule has 3 aromatic carbocycles. The van der Waals surface area contributed by atoms with E-state index < -0.39 is 17.7 Å². The van der Waals surface area contributed by atoms with Crippen molar-refractivity contribution in [3.05, 3.63) is 107 Å². The third kappa shape index (κ3) is 4.52. The maximum atomic E-state index is 13.9. The minimum atomic E-state index is -0.875. The number of hydrogen-bond donors (Lipinski definition) is 2. The maximum absolute atomic E-state index is 13.9. The molecule has 3 aromatic rings. The van der Waals surface area contributed by atoms with Gasteiger partial charge in [0.25, 0.3) is 11.8 Å². The Morgan fingerprint density at radius 3 is 2.36 bits per heavy atom. The van der Waals surface area contributed by atoms with Crippen LogP contribution in [0.5, 0.6) is 0 Å². The summed E-state index contributed by atoms with van der Waals surface area (Å²) < 4.78 is 13.9. The lowest BCUT2D eigenvalue weighted by Crippen LogP contribution is -2.33. The number of para-hydroxylation sites is 1. The van der Waals surface area contributed by atoms with Gasteiger partial charge in [-0.2, -0.15) is 0 Å². The van der Waals surface area contributed by atoms with E-state index in [1.54, 1.807) is 35.2 Å². The fourth-order valence-electron chi connectivity index (χ4n) is 5.16. The van der Waals surface area contributed by atoms with E-state index >= 15 is 0 Å². The normalized spacial score (nSPS) is 18.8. The number of amides is 2. The lowest BCUT2D eigenvalue weighted by molar-refractivity contribution is -0.132. The predicted molar refractivity (Wildman–Crippen MR) is 135 cm³/mol. The number of rotatable bonds is 4. The van der Waals surface area contributed by atoms with Crippen molar-refractivity contribution >= 4 is 29.2 Å². The number of aliphatic carboxylic acids is 1. The molecule has 6 nitrogen and oxygen atoms in total. The molecule has 0 radical (unpaired) electrons. The molecule has 5 rings (SSSR count). The van der Waals surface area contributed by atoms with Gasteiger partial charge in [-0.3, -0.25) is 9.59 Å². The van der Waals surface area contributed by atoms with Crippen LogP contribution in [0.3, 0.4) is 0 Å². The maximum Gasteiger partial charge on any atom is 0.331 e. The van der Waals surface area contributed by atoms with Crippen molar-refractivity contribution in [1.82, 2.24) is 0 Å². The van der Waals surface area contributed by atoms with Gasteiger partial charge in [0.05, 0.1) is 5.56 Å². The molecule has 0 saturated carbocycles. The Morgan fingerprint density at radius 2 is 1.64 bits per heavy atom. The second-order valence-corrected chi connectivity index (χ2v) is 9.36. The van der Waals surface area contributed by atoms with Crippen molar-refractivity contribution in [3.63, 3.8) is 0 Å². The molecule has 2 aliphatic rings. The zero-order chi connectivity index (χ0) is 25.3. The van der Waals surface area contributed by atoms with E-state index in [9.17, 15) is 23.9 Å². The molecular weight excluding hydrogens is 459 g/mol. The summed E-state index contributed by atoms with van der Waals surface area (Å²) in [5.41, 5.74) is 2.86. The van der Waals surface area contributed by atoms with Gasteiger partial charge in [-0.1, -0.05) is 36.4 Å². The van der Waals surface area contributed by atoms with Crippen LogP contribution < -0.4 is 10.2 Å². The SMILES string of the molecule is O=C(O)C1=C[C@@]2(CC1)CCN(C(=O)c1ccc(NC(=O)c3ccccc3F)cc1)c1ccccc1C2. The lowest BCUT2D eigenvalue weighted by atomic mass is 9.79. The van der Waals surface area contributed by atoms with Gasteiger partial charge in [0.1, 0.15) is 5.82 Å². The van der Waals surface area contributed by atoms with Gasteiger partial charge in [0.2, 0.25) is 0 Å². The zero-order valence-corrected chi connectivity index (χ0v) is 19.5. The number of carboxylic acids is 1. The number of carboxylic acid groups (broad SMARTS) is 1. The number of hydrogen-bond acceptors (Lipinski definition) is 3. The topological polar surface area (TPSA) is 86.7 Å². The van der Waals surface area contributed by atoms with Gasteiger partial charge in [-0.15, -0.1) is 0 Å². The second-order valence-electron chi connectivity index (χ2n) is 9.36. The first kappa shape index (κ1) is 23.5. The highest BCUT2D eigenvalue weighted by molar-refractivity contribution is 6.08. The Labute approximate surface area is 208 Å². The number of allylic oxidation sites excluding steroid dienone is 1. The molecule has 1 atom stereocenters. The summed E-state index contributed by atoms with van der Waals surface area (Å²) in [6, 6.07) is 20.0. The van der Waals surface area contributed by atoms with Crippen molar-refractivity contribution in [2.75, 3.05) is 16.8 Å². The number of carbonyl (C=O) groups excluding carboxylic acids is 2. The van der Waals surface area contributed by atoms with Crippen LogP contribution in [0.2, 0.25) is 0 Å². The monoisotopic (exact) mass is 484 g/mol. The highest BCUT2D eigenvalue weighted by atomic mass is 19.1. The first-order valence-corrected chi connectivity index (χ1v) is 11.9. The quantitative estimate of drug-likeness (QED) is 0.515. The van der Waals surface area contributed by atoms with E-state index in [-0.39, 0.29) is 16.9 Å². The van der Waals surface area contributed by atoms with Gasteiger partial charge in [0, 0.05) is 29.1 Å². The molecule has 2 N–H and O–H groups in total. The molecule has 0 aromatic heterocycles. The minimum Gasteiger partial charge on any atom is -0.478 e. The Bertz CT molecular complexity index is 1380. The third-order valence-electron chi connectivity index (χ3n) is 7.06. The van der Waals surface area contributed by atoms with Crippen LogP contribution in [0, 0.1) is 11.2 Å². The summed E-state index contributed by atoms with van der Waals surface area (Å²) in [4.78, 5) is 39.3. The molecule has 1 aliphatic heterocycles. The zero-order valence-electron chi connectivity index (χ0n) is 19.5. The minimum absolute atomic E-state index is 0.0558. The van der Waals surface area contributed by atoms with E-state index in [0.717, 1.165) is 17.7 Å². The largest absolute Gasteiger partial charge is 0.478 e. The molecule has 1 spiro atoms. The summed E-state index contributed by atoms with van der Waals surface area (Å²) in [7, 11) is 0. The smallest absolute Gasteiger partial charge is 0.331 e. The van der Waals surface area contributed by atoms with E-state index in [4.69, 9.17) is 0 Å². The molecule has 0 saturated heterocycles. The van der Waals surface area contributed by atoms with Crippen LogP contribution in [0.4, 0.5) is 15.8 Å². The molecule has 36 heavy (non-hydrogen) atoms. The van der Waals surface area contributed by atoms with Crippen LogP contribution in [0.15, 0.2) is 84.4 Å². The van der Waals surface area contributed by atoms with E-state index in [1.807, 2.05) is 30.3 Å². The molecule has 1 heterocycles. The number of carbonyl (C=O) groups is 3. The number of nitrogens with one attached hydrogen (secondary N) is 1. The molecule has 0 fully saturated rings. The van der Waals surface area contributed by atoms with E-state index in [0.29, 0.717) is 42.6 Å². The number of halogens is 1. The van der Waals surface area contributed by atoms with E-state index in [2.05, 4.69) is 5.32 Å². The van der Waals surface area contributed by atoms with Gasteiger partial charge in [-0.25, -0.2) is 9.18 Å². The fourth-order valence-corrected chi connectivity index (χ4v) is 5.16. The Balaban J connectivity index is 1.36. The van der Waals surface area contributed by atoms with E-state index in [1.165, 1.54) is 18.2 Å². The Kier molecular flexibility index (Phi) is 6.14. The van der Waals surface area contributed by atoms with Crippen LogP contribution in [0.1, 0.15) is 45.5 Å². The molecule has 7 heteroatoms. The third-order valence-corrected chi connectivity index (χ3v) is 7.06. The van der Waals surface area contributed by atoms with Crippen LogP contribution in [-0.4, -0.2) is 29.4 Å². The van der Waals surface area contributed by atoms with Gasteiger partial charge in [0.15, 0.2) is 0 Å². The Hall–Kier alpha value is -4.26. The molecule has 0 bridgehead atoms. The molecule has 1 aliphatic carbocycles. The van der Waals surface area contributed by atoms with Crippen molar-refractivity contribution in [2.24, 2.45) is 5.41 Å². The summed E-state index contributed by atoms with van der Waals surface area (Å²) in [5, 5.41) is 12.1. The van der Waals surface area contributed by atoms with Gasteiger partial charge in [-0.05, 0) is 79.1 Å². The van der Waals surface area contributed by atoms with Crippen LogP contribution >= 0.6 is 0 Å². The first-order chi connectivity index (χ1) is 17.3. The number of anilines is 2. The Morgan fingerprint density at radius 1 is 0.917 bits per heavy atom. The van der Waals surface area contributed by atoms with Gasteiger partial charge >= 0.3 is 5.97 Å². The van der Waals surface area contributed by atoms with Crippen LogP contribution in [0.25, 0.3) is 0 Å². The molecule has 0 unspecified atom stereocenters. The average molecular weight is 485 g/mol. The van der Waals surface area contributed by atoms with Gasteiger partial charge < -0.3 is 15.3 Å². The summed E-state index contributed by atoms with van der Waals surface area (Å²) in [5.74, 6) is -2.22. The highest BCUT2D eigenvalue weighted by Crippen LogP contribution is 2.46. The van der Waals surface area contributed by atoms with Crippen molar-refractivity contribution in [1.29, 1.82) is 0 Å². The molecule has 182 valence electrons. The van der Waals surface area contributed by atoms with Crippen molar-refractivity contribution in [3.8, 4) is 0 Å². The average Bonchev–Trinajstić information content (AvgIpc) is 3.22. The molecule has 2 amide bonds. The first-order valence-electron chi connectivity index (χ1n) is 11.9. The standard InChI is InChI=1S/C29H25FN2O4/c30-24-7-3-2-6-23(24)26(33)31-22-11-9-19(10-12-22)27(34)32-16-15-29(14-13-21(18-29)28(35)36)17-20-5-1-4-8-25(20)32/h1-12,18H,13-17H2,(H,31,33)(H,35,36)/t29-/m0/s1. The van der Waals surface area contributed by atoms with Crippen molar-refractivity contribution < 1.29 is 23.9 Å². The number of fused-ring (bicyclic) bond motifs is 1. The van der Waals surface area contributed by atoms with Crippen molar-refractivity contribution in [2.45, 2.75) is 25.7 Å². The summed E-state index contributed by atoms with van der Waals surface area (Å²) in [6.07, 6.45) is 4.53. The number of nitrogens with zero attached hydrogens (tertiary/aromatic N) is 1. The summed E-state index contributed by atoms with van der Waals surface area (Å²) >= 11 is 0. The number of benzene rings is 3. The predicted octanol–water partition coefficient (Wildman–Crippen LogP) is 5.46. The summed E-state index contributed by atoms with van der Waals surface area (Å²) in [6.45, 7) is 0.463.